The minimum atomic E-state index is 0. The number of aromatic hydroxyl groups is 2. The van der Waals surface area contributed by atoms with Crippen molar-refractivity contribution in [2.45, 2.75) is 0 Å². The summed E-state index contributed by atoms with van der Waals surface area (Å²) in [5, 5.41) is 17.3. The van der Waals surface area contributed by atoms with Gasteiger partial charge in [-0.2, -0.15) is 0 Å². The molecule has 0 saturated heterocycles. The zero-order valence-corrected chi connectivity index (χ0v) is 8.17. The summed E-state index contributed by atoms with van der Waals surface area (Å²) in [5.74, 6) is 0.644. The van der Waals surface area contributed by atoms with Gasteiger partial charge in [-0.1, -0.05) is 36.4 Å². The van der Waals surface area contributed by atoms with Crippen molar-refractivity contribution in [3.8, 4) is 11.5 Å². The van der Waals surface area contributed by atoms with Crippen LogP contribution in [0.25, 0.3) is 0 Å². The molecule has 2 aromatic carbocycles. The molecular formula is C12H16CaO3. The van der Waals surface area contributed by atoms with E-state index in [0.29, 0.717) is 11.5 Å². The number of hydrogen-bond donors (Lipinski definition) is 2. The predicted octanol–water partition coefficient (Wildman–Crippen LogP) is 1.04. The molecule has 0 bridgehead atoms. The maximum absolute atomic E-state index is 8.63. The van der Waals surface area contributed by atoms with E-state index in [4.69, 9.17) is 10.2 Å². The van der Waals surface area contributed by atoms with E-state index in [0.717, 1.165) is 0 Å². The van der Waals surface area contributed by atoms with Gasteiger partial charge in [-0.05, 0) is 24.3 Å². The molecule has 0 aromatic heterocycles. The fraction of sp³-hybridized carbons (Fsp3) is 0. The van der Waals surface area contributed by atoms with Crippen molar-refractivity contribution in [2.24, 2.45) is 0 Å². The molecule has 0 atom stereocenters. The molecule has 16 heavy (non-hydrogen) atoms. The molecule has 0 heterocycles. The topological polar surface area (TPSA) is 72.0 Å². The first-order chi connectivity index (χ1) is 6.79. The van der Waals surface area contributed by atoms with Crippen molar-refractivity contribution in [1.29, 1.82) is 0 Å². The fourth-order valence-electron chi connectivity index (χ4n) is 0.856. The molecule has 2 aromatic rings. The van der Waals surface area contributed by atoms with Crippen molar-refractivity contribution in [1.82, 2.24) is 0 Å². The molecule has 0 saturated carbocycles. The Morgan fingerprint density at radius 3 is 0.938 bits per heavy atom. The molecular weight excluding hydrogens is 232 g/mol. The molecule has 4 N–H and O–H groups in total. The van der Waals surface area contributed by atoms with Crippen LogP contribution >= 0.6 is 0 Å². The van der Waals surface area contributed by atoms with Crippen molar-refractivity contribution in [3.05, 3.63) is 60.7 Å². The third-order valence-electron chi connectivity index (χ3n) is 1.51. The van der Waals surface area contributed by atoms with Crippen molar-refractivity contribution in [3.63, 3.8) is 0 Å². The summed E-state index contributed by atoms with van der Waals surface area (Å²) < 4.78 is 0. The van der Waals surface area contributed by atoms with Gasteiger partial charge in [0.2, 0.25) is 0 Å². The molecule has 0 amide bonds. The van der Waals surface area contributed by atoms with E-state index < -0.39 is 0 Å². The van der Waals surface area contributed by atoms with Crippen LogP contribution in [0.5, 0.6) is 11.5 Å². The molecule has 0 aliphatic carbocycles. The second-order valence-electron chi connectivity index (χ2n) is 2.67. The van der Waals surface area contributed by atoms with Gasteiger partial charge in [0, 0.05) is 0 Å². The Kier molecular flexibility index (Phi) is 11.9. The SMILES string of the molecule is O.Oc1ccccc1.Oc1ccccc1.[CaH2]. The van der Waals surface area contributed by atoms with Gasteiger partial charge in [0.15, 0.2) is 0 Å². The summed E-state index contributed by atoms with van der Waals surface area (Å²) in [4.78, 5) is 0. The first-order valence-corrected chi connectivity index (χ1v) is 4.27. The van der Waals surface area contributed by atoms with Crippen LogP contribution in [0.15, 0.2) is 60.7 Å². The van der Waals surface area contributed by atoms with Gasteiger partial charge >= 0.3 is 37.7 Å². The fourth-order valence-corrected chi connectivity index (χ4v) is 0.856. The summed E-state index contributed by atoms with van der Waals surface area (Å²) in [7, 11) is 0. The Labute approximate surface area is 125 Å². The summed E-state index contributed by atoms with van der Waals surface area (Å²) in [6, 6.07) is 17.4. The number of benzene rings is 2. The third-order valence-corrected chi connectivity index (χ3v) is 1.51. The van der Waals surface area contributed by atoms with E-state index in [1.165, 1.54) is 0 Å². The van der Waals surface area contributed by atoms with Gasteiger partial charge in [-0.25, -0.2) is 0 Å². The Morgan fingerprint density at radius 2 is 0.812 bits per heavy atom. The van der Waals surface area contributed by atoms with Crippen LogP contribution in [0.2, 0.25) is 0 Å². The molecule has 0 fully saturated rings. The second-order valence-corrected chi connectivity index (χ2v) is 2.67. The minimum absolute atomic E-state index is 0. The number of phenols is 2. The number of phenolic OH excluding ortho intramolecular Hbond substituents is 2. The molecule has 0 radical (unpaired) electrons. The summed E-state index contributed by atoms with van der Waals surface area (Å²) in [6.45, 7) is 0. The van der Waals surface area contributed by atoms with Crippen LogP contribution in [0.4, 0.5) is 0 Å². The molecule has 0 aliphatic heterocycles. The Balaban J connectivity index is 0. The van der Waals surface area contributed by atoms with Crippen LogP contribution in [0.1, 0.15) is 0 Å². The molecule has 3 nitrogen and oxygen atoms in total. The third kappa shape index (κ3) is 8.56. The maximum atomic E-state index is 8.63. The van der Waals surface area contributed by atoms with Crippen molar-refractivity contribution >= 4 is 37.7 Å². The first kappa shape index (κ1) is 17.6. The van der Waals surface area contributed by atoms with Gasteiger partial charge in [-0.3, -0.25) is 0 Å². The van der Waals surface area contributed by atoms with E-state index >= 15 is 0 Å². The van der Waals surface area contributed by atoms with Gasteiger partial charge in [0.05, 0.1) is 0 Å². The monoisotopic (exact) mass is 248 g/mol. The molecule has 84 valence electrons. The Bertz CT molecular complexity index is 314. The van der Waals surface area contributed by atoms with Gasteiger partial charge < -0.3 is 15.7 Å². The van der Waals surface area contributed by atoms with Crippen LogP contribution < -0.4 is 0 Å². The summed E-state index contributed by atoms with van der Waals surface area (Å²) in [6.07, 6.45) is 0. The zero-order chi connectivity index (χ0) is 10.2. The number of rotatable bonds is 0. The zero-order valence-electron chi connectivity index (χ0n) is 8.17. The first-order valence-electron chi connectivity index (χ1n) is 4.27. The second kappa shape index (κ2) is 10.8. The average Bonchev–Trinajstić information content (AvgIpc) is 2.21. The van der Waals surface area contributed by atoms with Crippen molar-refractivity contribution in [2.75, 3.05) is 0 Å². The van der Waals surface area contributed by atoms with Crippen LogP contribution in [0, 0.1) is 0 Å². The summed E-state index contributed by atoms with van der Waals surface area (Å²) >= 11 is 0. The summed E-state index contributed by atoms with van der Waals surface area (Å²) in [5.41, 5.74) is 0. The van der Waals surface area contributed by atoms with E-state index in [1.807, 2.05) is 12.1 Å². The van der Waals surface area contributed by atoms with Crippen LogP contribution in [0.3, 0.4) is 0 Å². The van der Waals surface area contributed by atoms with E-state index in [1.54, 1.807) is 48.5 Å². The van der Waals surface area contributed by atoms with Gasteiger partial charge in [0.25, 0.3) is 0 Å². The van der Waals surface area contributed by atoms with Crippen LogP contribution in [-0.4, -0.2) is 53.4 Å². The van der Waals surface area contributed by atoms with Crippen molar-refractivity contribution < 1.29 is 15.7 Å². The van der Waals surface area contributed by atoms with E-state index in [2.05, 4.69) is 0 Å². The number of hydrogen-bond acceptors (Lipinski definition) is 2. The van der Waals surface area contributed by atoms with E-state index in [-0.39, 0.29) is 43.2 Å². The quantitative estimate of drug-likeness (QED) is 0.684. The molecule has 0 unspecified atom stereocenters. The average molecular weight is 248 g/mol. The number of para-hydroxylation sites is 2. The van der Waals surface area contributed by atoms with Gasteiger partial charge in [0.1, 0.15) is 11.5 Å². The van der Waals surface area contributed by atoms with E-state index in [9.17, 15) is 0 Å². The Hall–Kier alpha value is -0.740. The Morgan fingerprint density at radius 1 is 0.562 bits per heavy atom. The van der Waals surface area contributed by atoms with Gasteiger partial charge in [-0.15, -0.1) is 0 Å². The standard InChI is InChI=1S/2C6H6O.Ca.H2O.2H/c2*7-6-4-2-1-3-5-6;;;;/h2*1-5,7H;;1H2;;. The molecule has 0 aliphatic rings. The van der Waals surface area contributed by atoms with Crippen LogP contribution in [-0.2, 0) is 0 Å². The molecule has 4 heteroatoms. The predicted molar refractivity (Wildman–Crippen MR) is 68.4 cm³/mol. The molecule has 0 spiro atoms. The normalized spacial score (nSPS) is 7.50. The molecule has 2 rings (SSSR count).